The first kappa shape index (κ1) is 23.8. The van der Waals surface area contributed by atoms with Crippen LogP contribution in [0.3, 0.4) is 0 Å². The number of hydrogen-bond donors (Lipinski definition) is 9. The van der Waals surface area contributed by atoms with E-state index >= 15 is 0 Å². The van der Waals surface area contributed by atoms with Crippen LogP contribution >= 0.6 is 0 Å². The van der Waals surface area contributed by atoms with Crippen molar-refractivity contribution in [1.82, 2.24) is 0 Å². The lowest BCUT2D eigenvalue weighted by Crippen LogP contribution is -2.16. The number of aliphatic hydroxyl groups excluding tert-OH is 4. The van der Waals surface area contributed by atoms with E-state index < -0.39 is 57.5 Å². The predicted molar refractivity (Wildman–Crippen MR) is 63.1 cm³/mol. The molecule has 120 valence electrons. The Bertz CT molecular complexity index is 222. The molecule has 0 aromatic heterocycles. The smallest absolute Gasteiger partial charge is 0.481 e. The van der Waals surface area contributed by atoms with E-state index in [0.29, 0.717) is 0 Å². The molecule has 20 heavy (non-hydrogen) atoms. The van der Waals surface area contributed by atoms with Crippen molar-refractivity contribution in [2.75, 3.05) is 13.2 Å². The zero-order valence-electron chi connectivity index (χ0n) is 10.4. The third-order valence-electron chi connectivity index (χ3n) is 1.24. The van der Waals surface area contributed by atoms with Gasteiger partial charge in [0.15, 0.2) is 0 Å². The van der Waals surface area contributed by atoms with Crippen LogP contribution < -0.4 is 0 Å². The standard InChI is InChI=1S/2C4H8O4.BH3O3/c2*5-2-3(6)1-4(7)8;2-1(3)4/h2*3,5-6H,1-2H2,(H,7,8);2-4H. The Balaban J connectivity index is -0.000000230. The minimum atomic E-state index is -2.17. The summed E-state index contributed by atoms with van der Waals surface area (Å²) in [7, 11) is -2.17. The third kappa shape index (κ3) is 36.0. The van der Waals surface area contributed by atoms with Gasteiger partial charge >= 0.3 is 19.3 Å². The van der Waals surface area contributed by atoms with Gasteiger partial charge in [0.2, 0.25) is 0 Å². The number of rotatable bonds is 6. The molecule has 12 heteroatoms. The molecule has 0 fully saturated rings. The Morgan fingerprint density at radius 3 is 1.05 bits per heavy atom. The molecule has 0 aliphatic rings. The van der Waals surface area contributed by atoms with Gasteiger partial charge in [-0.15, -0.1) is 0 Å². The monoisotopic (exact) mass is 302 g/mol. The lowest BCUT2D eigenvalue weighted by Gasteiger charge is -1.99. The normalized spacial score (nSPS) is 11.9. The highest BCUT2D eigenvalue weighted by atomic mass is 16.5. The summed E-state index contributed by atoms with van der Waals surface area (Å²) < 4.78 is 0. The summed E-state index contributed by atoms with van der Waals surface area (Å²) in [5, 5.41) is 70.3. The summed E-state index contributed by atoms with van der Waals surface area (Å²) in [5.41, 5.74) is 0. The molecule has 0 bridgehead atoms. The van der Waals surface area contributed by atoms with E-state index in [0.717, 1.165) is 0 Å². The van der Waals surface area contributed by atoms with Gasteiger partial charge in [0.1, 0.15) is 0 Å². The topological polar surface area (TPSA) is 216 Å². The highest BCUT2D eigenvalue weighted by Crippen LogP contribution is 1.87. The number of hydrogen-bond acceptors (Lipinski definition) is 9. The van der Waals surface area contributed by atoms with Crippen molar-refractivity contribution in [1.29, 1.82) is 0 Å². The molecule has 0 spiro atoms. The lowest BCUT2D eigenvalue weighted by atomic mass is 10.3. The second-order valence-corrected chi connectivity index (χ2v) is 3.21. The van der Waals surface area contributed by atoms with Crippen molar-refractivity contribution >= 4 is 19.3 Å². The Kier molecular flexibility index (Phi) is 18.8. The second kappa shape index (κ2) is 15.8. The minimum absolute atomic E-state index is 0.392. The summed E-state index contributed by atoms with van der Waals surface area (Å²) in [6.45, 7) is -0.987. The zero-order chi connectivity index (χ0) is 16.7. The zero-order valence-corrected chi connectivity index (χ0v) is 10.4. The van der Waals surface area contributed by atoms with Crippen molar-refractivity contribution in [3.8, 4) is 0 Å². The molecular formula is C8H19BO11. The van der Waals surface area contributed by atoms with Gasteiger partial charge in [-0.05, 0) is 0 Å². The molecule has 2 atom stereocenters. The van der Waals surface area contributed by atoms with E-state index in [4.69, 9.17) is 45.7 Å². The van der Waals surface area contributed by atoms with Crippen LogP contribution in [0.2, 0.25) is 0 Å². The number of aliphatic carboxylic acids is 2. The molecule has 0 radical (unpaired) electrons. The van der Waals surface area contributed by atoms with Crippen LogP contribution in [0.4, 0.5) is 0 Å². The highest BCUT2D eigenvalue weighted by Gasteiger charge is 2.06. The van der Waals surface area contributed by atoms with E-state index in [1.54, 1.807) is 0 Å². The molecule has 0 rings (SSSR count). The lowest BCUT2D eigenvalue weighted by molar-refractivity contribution is -0.140. The Morgan fingerprint density at radius 1 is 0.800 bits per heavy atom. The largest absolute Gasteiger partial charge is 0.631 e. The van der Waals surface area contributed by atoms with Crippen LogP contribution in [0.5, 0.6) is 0 Å². The van der Waals surface area contributed by atoms with E-state index in [9.17, 15) is 9.59 Å². The van der Waals surface area contributed by atoms with Crippen LogP contribution in [0.25, 0.3) is 0 Å². The van der Waals surface area contributed by atoms with Gasteiger partial charge in [-0.2, -0.15) is 0 Å². The first-order valence-corrected chi connectivity index (χ1v) is 5.12. The van der Waals surface area contributed by atoms with Crippen LogP contribution in [-0.2, 0) is 9.59 Å². The van der Waals surface area contributed by atoms with Crippen molar-refractivity contribution in [2.24, 2.45) is 0 Å². The first-order chi connectivity index (χ1) is 9.06. The van der Waals surface area contributed by atoms with E-state index in [1.807, 2.05) is 0 Å². The summed E-state index contributed by atoms with van der Waals surface area (Å²) >= 11 is 0. The maximum Gasteiger partial charge on any atom is 0.631 e. The maximum absolute atomic E-state index is 9.70. The molecule has 0 aliphatic carbocycles. The summed E-state index contributed by atoms with van der Waals surface area (Å²) in [5.74, 6) is -2.21. The minimum Gasteiger partial charge on any atom is -0.481 e. The van der Waals surface area contributed by atoms with Crippen molar-refractivity contribution in [3.63, 3.8) is 0 Å². The molecule has 0 aliphatic heterocycles. The average Bonchev–Trinajstić information content (AvgIpc) is 2.27. The number of aliphatic hydroxyl groups is 4. The number of carboxylic acid groups (broad SMARTS) is 2. The predicted octanol–water partition coefficient (Wildman–Crippen LogP) is -4.42. The Morgan fingerprint density at radius 2 is 1.00 bits per heavy atom. The van der Waals surface area contributed by atoms with E-state index in [-0.39, 0.29) is 0 Å². The van der Waals surface area contributed by atoms with Crippen LogP contribution in [0.15, 0.2) is 0 Å². The van der Waals surface area contributed by atoms with Crippen LogP contribution in [0.1, 0.15) is 12.8 Å². The molecule has 0 amide bonds. The quantitative estimate of drug-likeness (QED) is 0.213. The van der Waals surface area contributed by atoms with Gasteiger partial charge in [-0.25, -0.2) is 0 Å². The summed E-state index contributed by atoms with van der Waals surface area (Å²) in [6.07, 6.45) is -3.02. The highest BCUT2D eigenvalue weighted by molar-refractivity contribution is 6.30. The van der Waals surface area contributed by atoms with Gasteiger partial charge in [0, 0.05) is 0 Å². The molecule has 0 heterocycles. The Labute approximate surface area is 114 Å². The SMILES string of the molecule is O=C(O)CC(O)CO.O=C(O)CC(O)CO.OB(O)O. The van der Waals surface area contributed by atoms with Crippen molar-refractivity contribution in [3.05, 3.63) is 0 Å². The van der Waals surface area contributed by atoms with Gasteiger partial charge in [0.05, 0.1) is 38.3 Å². The third-order valence-corrected chi connectivity index (χ3v) is 1.24. The van der Waals surface area contributed by atoms with Crippen LogP contribution in [-0.4, -0.2) is 90.4 Å². The summed E-state index contributed by atoms with van der Waals surface area (Å²) in [6, 6.07) is 0. The fraction of sp³-hybridized carbons (Fsp3) is 0.750. The second-order valence-electron chi connectivity index (χ2n) is 3.21. The fourth-order valence-electron chi connectivity index (χ4n) is 0.532. The van der Waals surface area contributed by atoms with Gasteiger partial charge in [-0.3, -0.25) is 9.59 Å². The molecule has 2 unspecified atom stereocenters. The first-order valence-electron chi connectivity index (χ1n) is 5.12. The summed E-state index contributed by atoms with van der Waals surface area (Å²) in [4.78, 5) is 19.4. The van der Waals surface area contributed by atoms with Crippen molar-refractivity contribution in [2.45, 2.75) is 25.0 Å². The molecule has 0 saturated carbocycles. The van der Waals surface area contributed by atoms with Gasteiger partial charge < -0.3 is 45.7 Å². The molecule has 11 nitrogen and oxygen atoms in total. The molecule has 9 N–H and O–H groups in total. The number of carbonyl (C=O) groups is 2. The van der Waals surface area contributed by atoms with Crippen molar-refractivity contribution < 1.29 is 55.3 Å². The fourth-order valence-corrected chi connectivity index (χ4v) is 0.532. The van der Waals surface area contributed by atoms with Gasteiger partial charge in [-0.1, -0.05) is 0 Å². The van der Waals surface area contributed by atoms with Gasteiger partial charge in [0.25, 0.3) is 0 Å². The Hall–Kier alpha value is -1.28. The number of carboxylic acids is 2. The molecule has 0 aromatic carbocycles. The molecular weight excluding hydrogens is 283 g/mol. The average molecular weight is 302 g/mol. The van der Waals surface area contributed by atoms with Crippen LogP contribution in [0, 0.1) is 0 Å². The maximum atomic E-state index is 9.70. The van der Waals surface area contributed by atoms with E-state index in [1.165, 1.54) is 0 Å². The van der Waals surface area contributed by atoms with E-state index in [2.05, 4.69) is 0 Å². The molecule has 0 saturated heterocycles. The molecule has 0 aromatic rings.